The minimum Gasteiger partial charge on any atom is -0.289 e. The fourth-order valence-corrected chi connectivity index (χ4v) is 1.66. The van der Waals surface area contributed by atoms with Crippen molar-refractivity contribution >= 4 is 17.5 Å². The molecule has 4 nitrogen and oxygen atoms in total. The lowest BCUT2D eigenvalue weighted by atomic mass is 10.1. The van der Waals surface area contributed by atoms with Gasteiger partial charge in [-0.3, -0.25) is 14.9 Å². The third kappa shape index (κ3) is 3.56. The van der Waals surface area contributed by atoms with Crippen molar-refractivity contribution in [2.75, 3.05) is 0 Å². The van der Waals surface area contributed by atoms with E-state index in [2.05, 4.69) is 0 Å². The van der Waals surface area contributed by atoms with Gasteiger partial charge in [0, 0.05) is 18.2 Å². The Hall–Kier alpha value is -2.89. The Morgan fingerprint density at radius 2 is 1.76 bits per heavy atom. The number of rotatable bonds is 4. The first-order valence-electron chi connectivity index (χ1n) is 5.89. The lowest BCUT2D eigenvalue weighted by Gasteiger charge is -1.98. The molecule has 0 amide bonds. The molecule has 2 aromatic carbocycles. The van der Waals surface area contributed by atoms with Crippen molar-refractivity contribution in [2.24, 2.45) is 0 Å². The predicted octanol–water partition coefficient (Wildman–Crippen LogP) is 3.77. The normalized spacial score (nSPS) is 10.8. The molecule has 2 rings (SSSR count). The number of hydrogen-bond donors (Lipinski definition) is 0. The Morgan fingerprint density at radius 3 is 2.33 bits per heavy atom. The molecule has 0 aliphatic heterocycles. The van der Waals surface area contributed by atoms with Crippen LogP contribution in [0.1, 0.15) is 15.9 Å². The van der Waals surface area contributed by atoms with E-state index in [1.54, 1.807) is 0 Å². The second-order valence-corrected chi connectivity index (χ2v) is 4.17. The van der Waals surface area contributed by atoms with Gasteiger partial charge < -0.3 is 0 Å². The van der Waals surface area contributed by atoms with E-state index >= 15 is 0 Å². The standard InChI is InChI=1S/C15H9F2NO3/c16-11-4-7-13(14(17)9-11)15(19)8-3-10-1-5-12(6-2-10)18(20)21/h1-9H. The lowest BCUT2D eigenvalue weighted by molar-refractivity contribution is -0.384. The zero-order chi connectivity index (χ0) is 15.4. The molecule has 0 bridgehead atoms. The van der Waals surface area contributed by atoms with Crippen molar-refractivity contribution < 1.29 is 18.5 Å². The summed E-state index contributed by atoms with van der Waals surface area (Å²) in [4.78, 5) is 21.7. The first-order valence-corrected chi connectivity index (χ1v) is 5.89. The molecule has 0 aliphatic carbocycles. The van der Waals surface area contributed by atoms with Gasteiger partial charge in [0.15, 0.2) is 5.78 Å². The van der Waals surface area contributed by atoms with Crippen LogP contribution in [-0.2, 0) is 0 Å². The maximum Gasteiger partial charge on any atom is 0.269 e. The summed E-state index contributed by atoms with van der Waals surface area (Å²) in [6.07, 6.45) is 2.52. The van der Waals surface area contributed by atoms with E-state index in [1.165, 1.54) is 30.3 Å². The summed E-state index contributed by atoms with van der Waals surface area (Å²) in [5.74, 6) is -2.32. The highest BCUT2D eigenvalue weighted by Crippen LogP contribution is 2.14. The molecule has 0 heterocycles. The summed E-state index contributed by atoms with van der Waals surface area (Å²) in [5.41, 5.74) is 0.245. The van der Waals surface area contributed by atoms with Crippen molar-refractivity contribution in [1.82, 2.24) is 0 Å². The van der Waals surface area contributed by atoms with Gasteiger partial charge in [-0.25, -0.2) is 8.78 Å². The van der Waals surface area contributed by atoms with Crippen LogP contribution in [0.4, 0.5) is 14.5 Å². The highest BCUT2D eigenvalue weighted by atomic mass is 19.1. The van der Waals surface area contributed by atoms with Crippen LogP contribution >= 0.6 is 0 Å². The van der Waals surface area contributed by atoms with E-state index in [4.69, 9.17) is 0 Å². The van der Waals surface area contributed by atoms with E-state index in [9.17, 15) is 23.7 Å². The molecule has 21 heavy (non-hydrogen) atoms. The second kappa shape index (κ2) is 6.04. The number of nitrogens with zero attached hydrogens (tertiary/aromatic N) is 1. The van der Waals surface area contributed by atoms with Crippen LogP contribution in [0.5, 0.6) is 0 Å². The molecule has 0 N–H and O–H groups in total. The molecule has 6 heteroatoms. The maximum atomic E-state index is 13.4. The lowest BCUT2D eigenvalue weighted by Crippen LogP contribution is -1.99. The highest BCUT2D eigenvalue weighted by Gasteiger charge is 2.09. The SMILES string of the molecule is O=C(C=Cc1ccc([N+](=O)[O-])cc1)c1ccc(F)cc1F. The quantitative estimate of drug-likeness (QED) is 0.372. The van der Waals surface area contributed by atoms with Crippen molar-refractivity contribution in [3.8, 4) is 0 Å². The number of allylic oxidation sites excluding steroid dienone is 1. The molecule has 0 fully saturated rings. The number of hydrogen-bond acceptors (Lipinski definition) is 3. The molecular formula is C15H9F2NO3. The molecule has 0 radical (unpaired) electrons. The van der Waals surface area contributed by atoms with Gasteiger partial charge in [-0.2, -0.15) is 0 Å². The molecular weight excluding hydrogens is 280 g/mol. The smallest absolute Gasteiger partial charge is 0.269 e. The van der Waals surface area contributed by atoms with Gasteiger partial charge in [0.1, 0.15) is 11.6 Å². The van der Waals surface area contributed by atoms with E-state index in [-0.39, 0.29) is 11.3 Å². The van der Waals surface area contributed by atoms with Crippen LogP contribution in [0.15, 0.2) is 48.5 Å². The largest absolute Gasteiger partial charge is 0.289 e. The van der Waals surface area contributed by atoms with Crippen LogP contribution < -0.4 is 0 Å². The van der Waals surface area contributed by atoms with Gasteiger partial charge in [0.2, 0.25) is 0 Å². The fraction of sp³-hybridized carbons (Fsp3) is 0. The van der Waals surface area contributed by atoms with Gasteiger partial charge in [-0.1, -0.05) is 6.08 Å². The van der Waals surface area contributed by atoms with Gasteiger partial charge in [0.25, 0.3) is 5.69 Å². The zero-order valence-electron chi connectivity index (χ0n) is 10.6. The summed E-state index contributed by atoms with van der Waals surface area (Å²) in [6, 6.07) is 8.20. The molecule has 106 valence electrons. The van der Waals surface area contributed by atoms with Gasteiger partial charge in [-0.05, 0) is 35.9 Å². The number of carbonyl (C=O) groups excluding carboxylic acids is 1. The van der Waals surface area contributed by atoms with Crippen molar-refractivity contribution in [1.29, 1.82) is 0 Å². The highest BCUT2D eigenvalue weighted by molar-refractivity contribution is 6.06. The van der Waals surface area contributed by atoms with E-state index in [1.807, 2.05) is 0 Å². The van der Waals surface area contributed by atoms with Crippen molar-refractivity contribution in [3.05, 3.63) is 81.4 Å². The molecule has 2 aromatic rings. The minimum absolute atomic E-state index is 0.0666. The minimum atomic E-state index is -0.937. The van der Waals surface area contributed by atoms with Gasteiger partial charge in [0.05, 0.1) is 10.5 Å². The van der Waals surface area contributed by atoms with E-state index in [0.29, 0.717) is 11.6 Å². The van der Waals surface area contributed by atoms with E-state index < -0.39 is 22.3 Å². The van der Waals surface area contributed by atoms with Gasteiger partial charge >= 0.3 is 0 Å². The fourth-order valence-electron chi connectivity index (χ4n) is 1.66. The molecule has 0 saturated carbocycles. The topological polar surface area (TPSA) is 60.2 Å². The number of halogens is 2. The van der Waals surface area contributed by atoms with Crippen molar-refractivity contribution in [2.45, 2.75) is 0 Å². The summed E-state index contributed by atoms with van der Waals surface area (Å²) in [5, 5.41) is 10.5. The Labute approximate surface area is 118 Å². The molecule has 0 unspecified atom stereocenters. The zero-order valence-corrected chi connectivity index (χ0v) is 10.6. The Bertz CT molecular complexity index is 724. The summed E-state index contributed by atoms with van der Waals surface area (Å²) < 4.78 is 26.1. The first-order chi connectivity index (χ1) is 9.97. The molecule has 0 aliphatic rings. The first kappa shape index (κ1) is 14.5. The van der Waals surface area contributed by atoms with Crippen LogP contribution in [0.2, 0.25) is 0 Å². The number of ketones is 1. The molecule has 0 spiro atoms. The molecule has 0 aromatic heterocycles. The van der Waals surface area contributed by atoms with Crippen molar-refractivity contribution in [3.63, 3.8) is 0 Å². The van der Waals surface area contributed by atoms with Crippen LogP contribution in [0.25, 0.3) is 6.08 Å². The Morgan fingerprint density at radius 1 is 1.10 bits per heavy atom. The maximum absolute atomic E-state index is 13.4. The number of nitro benzene ring substituents is 1. The average Bonchev–Trinajstić information content (AvgIpc) is 2.45. The average molecular weight is 289 g/mol. The van der Waals surface area contributed by atoms with Crippen LogP contribution in [0.3, 0.4) is 0 Å². The van der Waals surface area contributed by atoms with Gasteiger partial charge in [-0.15, -0.1) is 0 Å². The molecule has 0 atom stereocenters. The number of nitro groups is 1. The number of benzene rings is 2. The Kier molecular flexibility index (Phi) is 4.18. The molecule has 0 saturated heterocycles. The summed E-state index contributed by atoms with van der Waals surface area (Å²) in [7, 11) is 0. The van der Waals surface area contributed by atoms with E-state index in [0.717, 1.165) is 18.2 Å². The monoisotopic (exact) mass is 289 g/mol. The number of non-ortho nitro benzene ring substituents is 1. The number of carbonyl (C=O) groups is 1. The third-order valence-electron chi connectivity index (χ3n) is 2.73. The summed E-state index contributed by atoms with van der Waals surface area (Å²) in [6.45, 7) is 0. The van der Waals surface area contributed by atoms with Crippen LogP contribution in [0, 0.1) is 21.7 Å². The predicted molar refractivity (Wildman–Crippen MR) is 72.8 cm³/mol. The third-order valence-corrected chi connectivity index (χ3v) is 2.73. The van der Waals surface area contributed by atoms with Crippen LogP contribution in [-0.4, -0.2) is 10.7 Å². The summed E-state index contributed by atoms with van der Waals surface area (Å²) >= 11 is 0. The second-order valence-electron chi connectivity index (χ2n) is 4.17. The Balaban J connectivity index is 2.16.